The molecule has 0 spiro atoms. The first-order valence-corrected chi connectivity index (χ1v) is 10.8. The quantitative estimate of drug-likeness (QED) is 0.398. The first kappa shape index (κ1) is 19.0. The zero-order valence-electron chi connectivity index (χ0n) is 16.6. The minimum absolute atomic E-state index is 0.190. The Balaban J connectivity index is 1.41. The highest BCUT2D eigenvalue weighted by atomic mass is 32.1. The van der Waals surface area contributed by atoms with E-state index < -0.39 is 0 Å². The van der Waals surface area contributed by atoms with Crippen LogP contribution in [-0.4, -0.2) is 16.0 Å². The topological polar surface area (TPSA) is 75.2 Å². The van der Waals surface area contributed by atoms with Gasteiger partial charge in [0.15, 0.2) is 16.7 Å². The Morgan fingerprint density at radius 3 is 2.55 bits per heavy atom. The number of hydrogen-bond donors (Lipinski definition) is 2. The molecule has 152 valence electrons. The predicted molar refractivity (Wildman–Crippen MR) is 124 cm³/mol. The van der Waals surface area contributed by atoms with Crippen LogP contribution in [0.3, 0.4) is 0 Å². The van der Waals surface area contributed by atoms with E-state index in [9.17, 15) is 4.79 Å². The van der Waals surface area contributed by atoms with Gasteiger partial charge in [-0.3, -0.25) is 4.90 Å². The number of hydrogen-bond acceptors (Lipinski definition) is 3. The van der Waals surface area contributed by atoms with Gasteiger partial charge in [0.25, 0.3) is 0 Å². The Labute approximate surface area is 183 Å². The largest absolute Gasteiger partial charge is 0.326 e. The molecule has 0 fully saturated rings. The van der Waals surface area contributed by atoms with Crippen LogP contribution in [0.5, 0.6) is 0 Å². The van der Waals surface area contributed by atoms with E-state index in [0.29, 0.717) is 12.2 Å². The lowest BCUT2D eigenvalue weighted by Gasteiger charge is -2.23. The van der Waals surface area contributed by atoms with E-state index in [1.54, 1.807) is 21.7 Å². The number of H-pyrrole nitrogens is 2. The van der Waals surface area contributed by atoms with E-state index in [2.05, 4.69) is 20.3 Å². The lowest BCUT2D eigenvalue weighted by atomic mass is 10.2. The molecule has 3 aromatic carbocycles. The summed E-state index contributed by atoms with van der Waals surface area (Å²) in [6, 6.07) is 25.2. The lowest BCUT2D eigenvalue weighted by Crippen LogP contribution is -2.34. The number of imidazole rings is 1. The molecule has 0 bridgehead atoms. The monoisotopic (exact) mass is 426 g/mol. The van der Waals surface area contributed by atoms with E-state index in [1.165, 1.54) is 0 Å². The molecule has 31 heavy (non-hydrogen) atoms. The van der Waals surface area contributed by atoms with E-state index in [0.717, 1.165) is 33.8 Å². The number of aromatic amines is 2. The number of carbonyl (C=O) groups excluding carboxylic acids is 1. The number of para-hydroxylation sites is 1. The standard InChI is InChI=1S/C24H19N5OS/c30-24(29(19-9-5-2-6-10-19)14-17-7-3-1-4-8-17)26-18-11-12-20-21(13-18)28-23(27-20)22-15-31-16-25-22/h1-13,15-16H,14H2,(H,26,30)(H,27,28)/p+1. The molecule has 2 heterocycles. The van der Waals surface area contributed by atoms with E-state index >= 15 is 0 Å². The number of carbonyl (C=O) groups is 1. The van der Waals surface area contributed by atoms with E-state index in [-0.39, 0.29) is 6.03 Å². The SMILES string of the molecule is O=C(Nc1ccc2[nH+]c(-c3cscn3)[nH]c2c1)N(Cc1ccccc1)c1ccccc1. The fourth-order valence-corrected chi connectivity index (χ4v) is 3.99. The predicted octanol–water partition coefficient (Wildman–Crippen LogP) is 5.34. The minimum atomic E-state index is -0.190. The van der Waals surface area contributed by atoms with Gasteiger partial charge in [-0.25, -0.2) is 19.7 Å². The van der Waals surface area contributed by atoms with Crippen LogP contribution < -0.4 is 15.2 Å². The van der Waals surface area contributed by atoms with Crippen molar-refractivity contribution in [3.63, 3.8) is 0 Å². The van der Waals surface area contributed by atoms with Crippen LogP contribution in [0.4, 0.5) is 16.2 Å². The molecule has 3 N–H and O–H groups in total. The summed E-state index contributed by atoms with van der Waals surface area (Å²) >= 11 is 1.54. The van der Waals surface area contributed by atoms with Crippen LogP contribution in [0, 0.1) is 0 Å². The number of rotatable bonds is 5. The Morgan fingerprint density at radius 1 is 1.03 bits per heavy atom. The molecule has 2 aromatic heterocycles. The number of nitrogens with zero attached hydrogens (tertiary/aromatic N) is 2. The van der Waals surface area contributed by atoms with Gasteiger partial charge in [-0.05, 0) is 29.8 Å². The number of amides is 2. The normalized spacial score (nSPS) is 10.8. The van der Waals surface area contributed by atoms with Gasteiger partial charge in [0.2, 0.25) is 0 Å². The highest BCUT2D eigenvalue weighted by Gasteiger charge is 2.18. The number of urea groups is 1. The molecule has 7 heteroatoms. The van der Waals surface area contributed by atoms with Crippen LogP contribution in [-0.2, 0) is 6.54 Å². The van der Waals surface area contributed by atoms with Crippen LogP contribution in [0.2, 0.25) is 0 Å². The number of fused-ring (bicyclic) bond motifs is 1. The average molecular weight is 427 g/mol. The molecular weight excluding hydrogens is 406 g/mol. The highest BCUT2D eigenvalue weighted by molar-refractivity contribution is 7.07. The number of thiazole rings is 1. The minimum Gasteiger partial charge on any atom is -0.307 e. The summed E-state index contributed by atoms with van der Waals surface area (Å²) in [4.78, 5) is 26.0. The van der Waals surface area contributed by atoms with Crippen molar-refractivity contribution in [2.45, 2.75) is 6.54 Å². The first-order chi connectivity index (χ1) is 15.3. The zero-order valence-corrected chi connectivity index (χ0v) is 17.4. The molecule has 0 aliphatic rings. The maximum atomic E-state index is 13.2. The molecule has 0 saturated heterocycles. The number of anilines is 2. The maximum absolute atomic E-state index is 13.2. The van der Waals surface area contributed by atoms with Gasteiger partial charge in [0.05, 0.1) is 12.1 Å². The molecule has 0 atom stereocenters. The summed E-state index contributed by atoms with van der Waals surface area (Å²) in [5.74, 6) is 0.842. The Morgan fingerprint density at radius 2 is 1.81 bits per heavy atom. The number of benzene rings is 3. The van der Waals surface area contributed by atoms with Gasteiger partial charge in [0.1, 0.15) is 0 Å². The van der Waals surface area contributed by atoms with Crippen LogP contribution in [0.15, 0.2) is 89.8 Å². The van der Waals surface area contributed by atoms with Gasteiger partial charge in [-0.2, -0.15) is 0 Å². The molecule has 0 unspecified atom stereocenters. The van der Waals surface area contributed by atoms with Crippen molar-refractivity contribution in [1.29, 1.82) is 0 Å². The molecule has 5 rings (SSSR count). The Hall–Kier alpha value is -3.97. The van der Waals surface area contributed by atoms with E-state index in [1.807, 2.05) is 84.2 Å². The first-order valence-electron chi connectivity index (χ1n) is 9.87. The van der Waals surface area contributed by atoms with Crippen molar-refractivity contribution < 1.29 is 9.78 Å². The third-order valence-corrected chi connectivity index (χ3v) is 5.56. The van der Waals surface area contributed by atoms with Crippen molar-refractivity contribution in [2.75, 3.05) is 10.2 Å². The Bertz CT molecular complexity index is 1300. The lowest BCUT2D eigenvalue weighted by molar-refractivity contribution is -0.330. The van der Waals surface area contributed by atoms with Crippen LogP contribution in [0.1, 0.15) is 5.56 Å². The third-order valence-electron chi connectivity index (χ3n) is 4.98. The van der Waals surface area contributed by atoms with Gasteiger partial charge < -0.3 is 5.32 Å². The maximum Gasteiger partial charge on any atom is 0.326 e. The molecular formula is C24H20N5OS+. The summed E-state index contributed by atoms with van der Waals surface area (Å²) in [5.41, 5.74) is 7.12. The second-order valence-electron chi connectivity index (χ2n) is 7.10. The summed E-state index contributed by atoms with van der Waals surface area (Å²) in [5, 5.41) is 5.01. The fourth-order valence-electron chi connectivity index (χ4n) is 3.44. The van der Waals surface area contributed by atoms with Crippen molar-refractivity contribution in [3.8, 4) is 11.5 Å². The van der Waals surface area contributed by atoms with Gasteiger partial charge in [-0.15, -0.1) is 11.3 Å². The number of aromatic nitrogens is 3. The van der Waals surface area contributed by atoms with Crippen molar-refractivity contribution in [1.82, 2.24) is 9.97 Å². The second-order valence-corrected chi connectivity index (χ2v) is 7.82. The summed E-state index contributed by atoms with van der Waals surface area (Å²) in [6.45, 7) is 0.475. The molecule has 0 radical (unpaired) electrons. The number of nitrogens with one attached hydrogen (secondary N) is 3. The molecule has 0 aliphatic carbocycles. The van der Waals surface area contributed by atoms with Crippen molar-refractivity contribution >= 4 is 39.8 Å². The molecule has 6 nitrogen and oxygen atoms in total. The molecule has 0 aliphatic heterocycles. The smallest absolute Gasteiger partial charge is 0.307 e. The Kier molecular flexibility index (Phi) is 5.16. The summed E-state index contributed by atoms with van der Waals surface area (Å²) in [7, 11) is 0. The van der Waals surface area contributed by atoms with Gasteiger partial charge in [-0.1, -0.05) is 48.5 Å². The van der Waals surface area contributed by atoms with Crippen molar-refractivity contribution in [2.24, 2.45) is 0 Å². The van der Waals surface area contributed by atoms with Crippen molar-refractivity contribution in [3.05, 3.63) is 95.3 Å². The second kappa shape index (κ2) is 8.41. The fraction of sp³-hybridized carbons (Fsp3) is 0.0417. The summed E-state index contributed by atoms with van der Waals surface area (Å²) in [6.07, 6.45) is 0. The average Bonchev–Trinajstić information content (AvgIpc) is 3.48. The van der Waals surface area contributed by atoms with Gasteiger partial charge >= 0.3 is 11.9 Å². The third kappa shape index (κ3) is 4.17. The molecule has 5 aromatic rings. The highest BCUT2D eigenvalue weighted by Crippen LogP contribution is 2.22. The summed E-state index contributed by atoms with van der Waals surface area (Å²) < 4.78 is 0. The van der Waals surface area contributed by atoms with E-state index in [4.69, 9.17) is 0 Å². The molecule has 2 amide bonds. The van der Waals surface area contributed by atoms with Gasteiger partial charge in [0, 0.05) is 22.8 Å². The van der Waals surface area contributed by atoms with Crippen LogP contribution >= 0.6 is 11.3 Å². The molecule has 0 saturated carbocycles. The van der Waals surface area contributed by atoms with Crippen LogP contribution in [0.25, 0.3) is 22.6 Å². The zero-order chi connectivity index (χ0) is 21.0.